The van der Waals surface area contributed by atoms with Crippen LogP contribution in [-0.2, 0) is 17.8 Å². The van der Waals surface area contributed by atoms with Crippen LogP contribution in [0, 0.1) is 20.2 Å². The van der Waals surface area contributed by atoms with E-state index in [0.717, 1.165) is 17.3 Å². The van der Waals surface area contributed by atoms with Gasteiger partial charge in [0.15, 0.2) is 0 Å². The Kier molecular flexibility index (Phi) is 3.10. The van der Waals surface area contributed by atoms with Gasteiger partial charge in [0.05, 0.1) is 28.8 Å². The molecule has 9 heteroatoms. The Morgan fingerprint density at radius 2 is 1.95 bits per heavy atom. The van der Waals surface area contributed by atoms with Crippen molar-refractivity contribution < 1.29 is 14.6 Å². The summed E-state index contributed by atoms with van der Waals surface area (Å²) in [7, 11) is 0. The second-order valence-electron chi connectivity index (χ2n) is 4.55. The van der Waals surface area contributed by atoms with Crippen LogP contribution in [-0.4, -0.2) is 26.7 Å². The van der Waals surface area contributed by atoms with Gasteiger partial charge >= 0.3 is 11.4 Å². The Morgan fingerprint density at radius 3 is 2.67 bits per heavy atom. The first-order valence-electron chi connectivity index (χ1n) is 6.15. The average molecular weight is 290 g/mol. The Bertz CT molecular complexity index is 739. The molecule has 0 amide bonds. The molecule has 21 heavy (non-hydrogen) atoms. The maximum absolute atomic E-state index is 11.0. The van der Waals surface area contributed by atoms with Crippen LogP contribution in [0.15, 0.2) is 18.2 Å². The smallest absolute Gasteiger partial charge is 0.346 e. The third kappa shape index (κ3) is 2.23. The van der Waals surface area contributed by atoms with Crippen LogP contribution in [0.4, 0.5) is 11.4 Å². The van der Waals surface area contributed by atoms with Gasteiger partial charge in [0, 0.05) is 35.4 Å². The van der Waals surface area contributed by atoms with Crippen LogP contribution in [0.2, 0.25) is 0 Å². The van der Waals surface area contributed by atoms with Crippen LogP contribution >= 0.6 is 0 Å². The van der Waals surface area contributed by atoms with Crippen LogP contribution in [0.1, 0.15) is 11.3 Å². The highest BCUT2D eigenvalue weighted by Gasteiger charge is 2.26. The molecule has 1 aromatic carbocycles. The second kappa shape index (κ2) is 4.94. The van der Waals surface area contributed by atoms with E-state index in [4.69, 9.17) is 4.74 Å². The zero-order chi connectivity index (χ0) is 15.0. The molecular weight excluding hydrogens is 280 g/mol. The number of nitrogens with one attached hydrogen (secondary N) is 1. The molecule has 0 aliphatic carbocycles. The van der Waals surface area contributed by atoms with Crippen molar-refractivity contribution in [2.45, 2.75) is 13.0 Å². The van der Waals surface area contributed by atoms with Crippen molar-refractivity contribution in [3.8, 4) is 11.3 Å². The third-order valence-corrected chi connectivity index (χ3v) is 3.34. The van der Waals surface area contributed by atoms with E-state index in [9.17, 15) is 20.2 Å². The minimum absolute atomic E-state index is 0.367. The molecule has 0 spiro atoms. The molecule has 0 saturated heterocycles. The van der Waals surface area contributed by atoms with Gasteiger partial charge in [-0.25, -0.2) is 0 Å². The predicted octanol–water partition coefficient (Wildman–Crippen LogP) is 1.97. The van der Waals surface area contributed by atoms with Gasteiger partial charge in [-0.2, -0.15) is 5.10 Å². The normalized spacial score (nSPS) is 13.7. The molecule has 1 aromatic heterocycles. The molecule has 1 aliphatic rings. The highest BCUT2D eigenvalue weighted by molar-refractivity contribution is 5.70. The average Bonchev–Trinajstić information content (AvgIpc) is 2.90. The van der Waals surface area contributed by atoms with E-state index in [2.05, 4.69) is 10.2 Å². The summed E-state index contributed by atoms with van der Waals surface area (Å²) in [4.78, 5) is 20.3. The first-order chi connectivity index (χ1) is 10.1. The molecule has 0 unspecified atom stereocenters. The number of rotatable bonds is 3. The van der Waals surface area contributed by atoms with E-state index in [-0.39, 0.29) is 0 Å². The van der Waals surface area contributed by atoms with Gasteiger partial charge in [0.1, 0.15) is 0 Å². The van der Waals surface area contributed by atoms with E-state index >= 15 is 0 Å². The summed E-state index contributed by atoms with van der Waals surface area (Å²) in [5.74, 6) is 0. The quantitative estimate of drug-likeness (QED) is 0.680. The minimum atomic E-state index is -0.773. The van der Waals surface area contributed by atoms with Gasteiger partial charge in [-0.15, -0.1) is 0 Å². The molecule has 0 saturated carbocycles. The standard InChI is InChI=1S/C12H10N4O5/c17-15(18)10-2-1-7(5-11(10)16(19)20)12-8-6-21-4-3-9(8)13-14-12/h1-2,5H,3-4,6H2,(H,13,14). The summed E-state index contributed by atoms with van der Waals surface area (Å²) in [6, 6.07) is 3.75. The van der Waals surface area contributed by atoms with Crippen LogP contribution in [0.25, 0.3) is 11.3 Å². The van der Waals surface area contributed by atoms with Crippen molar-refractivity contribution in [1.29, 1.82) is 0 Å². The molecule has 0 radical (unpaired) electrons. The van der Waals surface area contributed by atoms with Gasteiger partial charge in [-0.3, -0.25) is 25.3 Å². The largest absolute Gasteiger partial charge is 0.376 e. The monoisotopic (exact) mass is 290 g/mol. The van der Waals surface area contributed by atoms with Crippen LogP contribution in [0.3, 0.4) is 0 Å². The molecule has 3 rings (SSSR count). The zero-order valence-corrected chi connectivity index (χ0v) is 10.7. The molecule has 0 bridgehead atoms. The number of hydrogen-bond donors (Lipinski definition) is 1. The van der Waals surface area contributed by atoms with Crippen molar-refractivity contribution in [3.63, 3.8) is 0 Å². The SMILES string of the molecule is O=[N+]([O-])c1ccc(-c2n[nH]c3c2COCC3)cc1[N+](=O)[O-]. The molecule has 2 aromatic rings. The molecule has 9 nitrogen and oxygen atoms in total. The molecule has 0 atom stereocenters. The van der Waals surface area contributed by atoms with Crippen molar-refractivity contribution in [1.82, 2.24) is 10.2 Å². The van der Waals surface area contributed by atoms with Crippen molar-refractivity contribution in [2.75, 3.05) is 6.61 Å². The number of aromatic nitrogens is 2. The van der Waals surface area contributed by atoms with Crippen LogP contribution < -0.4 is 0 Å². The van der Waals surface area contributed by atoms with E-state index in [1.165, 1.54) is 12.1 Å². The molecule has 2 heterocycles. The number of hydrogen-bond acceptors (Lipinski definition) is 6. The summed E-state index contributed by atoms with van der Waals surface area (Å²) in [5.41, 5.74) is 1.66. The number of benzene rings is 1. The highest BCUT2D eigenvalue weighted by Crippen LogP contribution is 2.34. The number of nitrogens with zero attached hydrogens (tertiary/aromatic N) is 3. The molecule has 1 N–H and O–H groups in total. The van der Waals surface area contributed by atoms with Gasteiger partial charge in [-0.05, 0) is 6.07 Å². The fraction of sp³-hybridized carbons (Fsp3) is 0.250. The van der Waals surface area contributed by atoms with Gasteiger partial charge < -0.3 is 4.74 Å². The Balaban J connectivity index is 2.11. The lowest BCUT2D eigenvalue weighted by Crippen LogP contribution is -2.09. The number of nitro groups is 2. The highest BCUT2D eigenvalue weighted by atomic mass is 16.6. The first-order valence-corrected chi connectivity index (χ1v) is 6.15. The zero-order valence-electron chi connectivity index (χ0n) is 10.7. The van der Waals surface area contributed by atoms with Crippen molar-refractivity contribution >= 4 is 11.4 Å². The van der Waals surface area contributed by atoms with Gasteiger partial charge in [0.25, 0.3) is 0 Å². The summed E-state index contributed by atoms with van der Waals surface area (Å²) in [6.45, 7) is 0.959. The Morgan fingerprint density at radius 1 is 1.19 bits per heavy atom. The van der Waals surface area contributed by atoms with Gasteiger partial charge in [0.2, 0.25) is 0 Å². The summed E-state index contributed by atoms with van der Waals surface area (Å²) >= 11 is 0. The van der Waals surface area contributed by atoms with E-state index in [0.29, 0.717) is 30.9 Å². The van der Waals surface area contributed by atoms with Crippen molar-refractivity contribution in [2.24, 2.45) is 0 Å². The lowest BCUT2D eigenvalue weighted by atomic mass is 10.0. The van der Waals surface area contributed by atoms with Crippen molar-refractivity contribution in [3.05, 3.63) is 49.7 Å². The maximum Gasteiger partial charge on any atom is 0.346 e. The number of aromatic amines is 1. The summed E-state index contributed by atoms with van der Waals surface area (Å²) in [5, 5.41) is 28.8. The number of nitro benzene ring substituents is 2. The summed E-state index contributed by atoms with van der Waals surface area (Å²) in [6.07, 6.45) is 0.692. The third-order valence-electron chi connectivity index (χ3n) is 3.34. The number of H-pyrrole nitrogens is 1. The summed E-state index contributed by atoms with van der Waals surface area (Å²) < 4.78 is 5.35. The molecule has 108 valence electrons. The fourth-order valence-electron chi connectivity index (χ4n) is 2.32. The minimum Gasteiger partial charge on any atom is -0.376 e. The predicted molar refractivity (Wildman–Crippen MR) is 70.7 cm³/mol. The number of fused-ring (bicyclic) bond motifs is 1. The van der Waals surface area contributed by atoms with E-state index in [1.54, 1.807) is 0 Å². The maximum atomic E-state index is 11.0. The Hall–Kier alpha value is -2.81. The van der Waals surface area contributed by atoms with E-state index < -0.39 is 21.2 Å². The lowest BCUT2D eigenvalue weighted by Gasteiger charge is -2.12. The van der Waals surface area contributed by atoms with E-state index in [1.807, 2.05) is 0 Å². The van der Waals surface area contributed by atoms with Crippen LogP contribution in [0.5, 0.6) is 0 Å². The molecule has 1 aliphatic heterocycles. The second-order valence-corrected chi connectivity index (χ2v) is 4.55. The van der Waals surface area contributed by atoms with Gasteiger partial charge in [-0.1, -0.05) is 0 Å². The number of ether oxygens (including phenoxy) is 1. The molecular formula is C12H10N4O5. The fourth-order valence-corrected chi connectivity index (χ4v) is 2.32. The topological polar surface area (TPSA) is 124 Å². The molecule has 0 fully saturated rings. The lowest BCUT2D eigenvalue weighted by molar-refractivity contribution is -0.422. The first kappa shape index (κ1) is 13.2. The Labute approximate surface area is 117 Å².